The van der Waals surface area contributed by atoms with E-state index in [1.54, 1.807) is 33.1 Å². The van der Waals surface area contributed by atoms with Crippen molar-refractivity contribution >= 4 is 10.9 Å². The summed E-state index contributed by atoms with van der Waals surface area (Å²) >= 11 is 0. The number of ether oxygens (including phenoxy) is 1. The van der Waals surface area contributed by atoms with Crippen LogP contribution in [0, 0.1) is 5.82 Å². The summed E-state index contributed by atoms with van der Waals surface area (Å²) in [5, 5.41) is 1.14. The maximum absolute atomic E-state index is 15.1. The van der Waals surface area contributed by atoms with Gasteiger partial charge in [-0.1, -0.05) is 24.3 Å². The number of hydrogen-bond donors (Lipinski definition) is 1. The summed E-state index contributed by atoms with van der Waals surface area (Å²) in [5.41, 5.74) is 2.15. The smallest absolute Gasteiger partial charge is 0.132 e. The third-order valence-electron chi connectivity index (χ3n) is 5.58. The second kappa shape index (κ2) is 6.89. The van der Waals surface area contributed by atoms with Crippen LogP contribution in [0.25, 0.3) is 10.9 Å². The van der Waals surface area contributed by atoms with Gasteiger partial charge < -0.3 is 9.72 Å². The average molecular weight is 384 g/mol. The molecule has 0 fully saturated rings. The van der Waals surface area contributed by atoms with E-state index in [1.165, 1.54) is 11.6 Å². The molecule has 1 aliphatic rings. The highest BCUT2D eigenvalue weighted by atomic mass is 19.1. The predicted molar refractivity (Wildman–Crippen MR) is 108 cm³/mol. The number of hydrogen-bond acceptors (Lipinski definition) is 2. The summed E-state index contributed by atoms with van der Waals surface area (Å²) in [7, 11) is 1.54. The summed E-state index contributed by atoms with van der Waals surface area (Å²) in [5.74, 6) is 0.134. The van der Waals surface area contributed by atoms with Crippen molar-refractivity contribution in [1.29, 1.82) is 0 Å². The number of benzene rings is 2. The highest BCUT2D eigenvalue weighted by Crippen LogP contribution is 2.44. The molecule has 0 saturated carbocycles. The van der Waals surface area contributed by atoms with Gasteiger partial charge in [-0.2, -0.15) is 0 Å². The van der Waals surface area contributed by atoms with Gasteiger partial charge in [-0.3, -0.25) is 4.90 Å². The van der Waals surface area contributed by atoms with Crippen LogP contribution in [0.4, 0.5) is 8.78 Å². The lowest BCUT2D eigenvalue weighted by Crippen LogP contribution is -2.48. The van der Waals surface area contributed by atoms with Crippen LogP contribution in [-0.4, -0.2) is 35.2 Å². The monoisotopic (exact) mass is 384 g/mol. The number of fused-ring (bicyclic) bond motifs is 3. The molecule has 1 N–H and O–H groups in total. The molecule has 1 aliphatic heterocycles. The van der Waals surface area contributed by atoms with Gasteiger partial charge in [-0.15, -0.1) is 0 Å². The molecular weight excluding hydrogens is 358 g/mol. The third-order valence-corrected chi connectivity index (χ3v) is 5.58. The summed E-state index contributed by atoms with van der Waals surface area (Å²) < 4.78 is 35.3. The van der Waals surface area contributed by atoms with E-state index in [4.69, 9.17) is 4.74 Å². The molecule has 28 heavy (non-hydrogen) atoms. The summed E-state index contributed by atoms with van der Waals surface area (Å²) in [6.45, 7) is 5.41. The number of alkyl halides is 1. The number of para-hydroxylation sites is 1. The molecule has 0 radical (unpaired) electrons. The number of H-pyrrole nitrogens is 1. The van der Waals surface area contributed by atoms with E-state index in [2.05, 4.69) is 22.9 Å². The maximum Gasteiger partial charge on any atom is 0.132 e. The number of nitrogens with zero attached hydrogens (tertiary/aromatic N) is 1. The standard InChI is InChI=1S/C23H26F2N2O/c1-14-12-16-15-8-5-6-10-18(15)26-21(16)22(27(14)13-23(2,3)25)20-17(24)9-7-11-19(20)28-4/h5-11,14,22,26H,12-13H2,1-4H3/t14-,22-/m1/s1. The molecule has 0 unspecified atom stereocenters. The van der Waals surface area contributed by atoms with Crippen LogP contribution in [0.2, 0.25) is 0 Å². The largest absolute Gasteiger partial charge is 0.496 e. The van der Waals surface area contributed by atoms with E-state index < -0.39 is 11.7 Å². The highest BCUT2D eigenvalue weighted by Gasteiger charge is 2.40. The lowest BCUT2D eigenvalue weighted by molar-refractivity contribution is 0.0646. The van der Waals surface area contributed by atoms with Crippen molar-refractivity contribution in [1.82, 2.24) is 9.88 Å². The number of rotatable bonds is 4. The van der Waals surface area contributed by atoms with Crippen molar-refractivity contribution in [2.24, 2.45) is 0 Å². The normalized spacial score (nSPS) is 20.4. The first-order chi connectivity index (χ1) is 13.3. The van der Waals surface area contributed by atoms with Crippen molar-refractivity contribution in [3.63, 3.8) is 0 Å². The quantitative estimate of drug-likeness (QED) is 0.652. The number of nitrogens with one attached hydrogen (secondary N) is 1. The fourth-order valence-corrected chi connectivity index (χ4v) is 4.46. The van der Waals surface area contributed by atoms with E-state index >= 15 is 4.39 Å². The molecular formula is C23H26F2N2O. The molecule has 0 bridgehead atoms. The summed E-state index contributed by atoms with van der Waals surface area (Å²) in [6, 6.07) is 12.6. The van der Waals surface area contributed by atoms with Gasteiger partial charge in [-0.05, 0) is 51.0 Å². The van der Waals surface area contributed by atoms with Gasteiger partial charge in [0.05, 0.1) is 18.7 Å². The molecule has 2 heterocycles. The zero-order chi connectivity index (χ0) is 20.1. The van der Waals surface area contributed by atoms with Crippen molar-refractivity contribution in [2.45, 2.75) is 44.9 Å². The third kappa shape index (κ3) is 3.18. The minimum absolute atomic E-state index is 0.0519. The molecule has 2 atom stereocenters. The highest BCUT2D eigenvalue weighted by molar-refractivity contribution is 5.85. The molecule has 5 heteroatoms. The summed E-state index contributed by atoms with van der Waals surface area (Å²) in [6.07, 6.45) is 0.780. The number of methoxy groups -OCH3 is 1. The Hall–Kier alpha value is -2.40. The predicted octanol–water partition coefficient (Wildman–Crippen LogP) is 5.40. The Morgan fingerprint density at radius 2 is 1.93 bits per heavy atom. The van der Waals surface area contributed by atoms with Crippen molar-refractivity contribution < 1.29 is 13.5 Å². The van der Waals surface area contributed by atoms with E-state index in [9.17, 15) is 4.39 Å². The van der Waals surface area contributed by atoms with Gasteiger partial charge in [-0.25, -0.2) is 8.78 Å². The molecule has 2 aromatic carbocycles. The van der Waals surface area contributed by atoms with E-state index in [1.807, 2.05) is 18.2 Å². The Balaban J connectivity index is 1.98. The van der Waals surface area contributed by atoms with E-state index in [0.29, 0.717) is 11.3 Å². The van der Waals surface area contributed by atoms with Crippen molar-refractivity contribution in [3.8, 4) is 5.75 Å². The maximum atomic E-state index is 15.1. The molecule has 0 saturated heterocycles. The van der Waals surface area contributed by atoms with E-state index in [-0.39, 0.29) is 18.4 Å². The minimum Gasteiger partial charge on any atom is -0.496 e. The minimum atomic E-state index is -1.41. The van der Waals surface area contributed by atoms with Gasteiger partial charge in [0.25, 0.3) is 0 Å². The van der Waals surface area contributed by atoms with Gasteiger partial charge in [0.15, 0.2) is 0 Å². The van der Waals surface area contributed by atoms with Crippen molar-refractivity contribution in [3.05, 3.63) is 65.1 Å². The Bertz CT molecular complexity index is 1010. The first kappa shape index (κ1) is 18.9. The molecule has 0 amide bonds. The SMILES string of the molecule is COc1cccc(F)c1[C@@H]1c2[nH]c3ccccc3c2C[C@@H](C)N1CC(C)(C)F. The fourth-order valence-electron chi connectivity index (χ4n) is 4.46. The van der Waals surface area contributed by atoms with Crippen LogP contribution in [0.15, 0.2) is 42.5 Å². The van der Waals surface area contributed by atoms with Crippen LogP contribution in [0.5, 0.6) is 5.75 Å². The lowest BCUT2D eigenvalue weighted by Gasteiger charge is -2.43. The van der Waals surface area contributed by atoms with Crippen LogP contribution < -0.4 is 4.74 Å². The Morgan fingerprint density at radius 1 is 1.18 bits per heavy atom. The fraction of sp³-hybridized carbons (Fsp3) is 0.391. The zero-order valence-electron chi connectivity index (χ0n) is 16.7. The van der Waals surface area contributed by atoms with Crippen LogP contribution in [-0.2, 0) is 6.42 Å². The molecule has 1 aromatic heterocycles. The number of aromatic nitrogens is 1. The van der Waals surface area contributed by atoms with Gasteiger partial charge in [0.2, 0.25) is 0 Å². The molecule has 4 rings (SSSR count). The van der Waals surface area contributed by atoms with Crippen molar-refractivity contribution in [2.75, 3.05) is 13.7 Å². The Kier molecular flexibility index (Phi) is 4.66. The van der Waals surface area contributed by atoms with Crippen LogP contribution in [0.1, 0.15) is 43.6 Å². The topological polar surface area (TPSA) is 28.3 Å². The Morgan fingerprint density at radius 3 is 2.64 bits per heavy atom. The number of halogens is 2. The second-order valence-electron chi connectivity index (χ2n) is 8.27. The molecule has 0 aliphatic carbocycles. The van der Waals surface area contributed by atoms with E-state index in [0.717, 1.165) is 23.0 Å². The second-order valence-corrected chi connectivity index (χ2v) is 8.27. The zero-order valence-corrected chi connectivity index (χ0v) is 16.7. The molecule has 148 valence electrons. The lowest BCUT2D eigenvalue weighted by atomic mass is 9.87. The molecule has 3 nitrogen and oxygen atoms in total. The molecule has 0 spiro atoms. The molecule has 3 aromatic rings. The van der Waals surface area contributed by atoms with Gasteiger partial charge >= 0.3 is 0 Å². The van der Waals surface area contributed by atoms with Gasteiger partial charge in [0, 0.05) is 29.2 Å². The Labute approximate surface area is 164 Å². The average Bonchev–Trinajstić information content (AvgIpc) is 3.00. The first-order valence-electron chi connectivity index (χ1n) is 9.66. The summed E-state index contributed by atoms with van der Waals surface area (Å²) in [4.78, 5) is 5.55. The number of aromatic amines is 1. The van der Waals surface area contributed by atoms with Crippen LogP contribution >= 0.6 is 0 Å². The van der Waals surface area contributed by atoms with Crippen LogP contribution in [0.3, 0.4) is 0 Å². The first-order valence-corrected chi connectivity index (χ1v) is 9.66. The van der Waals surface area contributed by atoms with Gasteiger partial charge in [0.1, 0.15) is 17.2 Å².